The number of aliphatic hydroxyl groups is 1. The number of carbonyl (C=O) groups excluding carboxylic acids is 4. The van der Waals surface area contributed by atoms with E-state index in [0.717, 1.165) is 16.0 Å². The minimum Gasteiger partial charge on any atom is -0.393 e. The van der Waals surface area contributed by atoms with Gasteiger partial charge >= 0.3 is 0 Å². The molecule has 3 amide bonds. The molecule has 184 valence electrons. The molecule has 0 saturated heterocycles. The third-order valence-electron chi connectivity index (χ3n) is 6.30. The summed E-state index contributed by atoms with van der Waals surface area (Å²) >= 11 is 0. The Bertz CT molecular complexity index is 1310. The summed E-state index contributed by atoms with van der Waals surface area (Å²) in [5, 5.41) is 13.0. The van der Waals surface area contributed by atoms with Gasteiger partial charge in [0, 0.05) is 19.2 Å². The second kappa shape index (κ2) is 10.1. The standard InChI is InChI=1S/C28H27N3O5/c1-19(33)31(28(2,18-32)27(36)29-16-20-9-5-3-6-10-20)22-13-14-24-23(15-22)25(34)26(35)30(24)17-21-11-7-4-8-12-21/h3-15,32H,16-18H2,1-2H3,(H,29,36). The zero-order valence-electron chi connectivity index (χ0n) is 20.1. The number of anilines is 2. The Kier molecular flexibility index (Phi) is 6.98. The summed E-state index contributed by atoms with van der Waals surface area (Å²) in [7, 11) is 0. The Morgan fingerprint density at radius 1 is 0.944 bits per heavy atom. The van der Waals surface area contributed by atoms with Gasteiger partial charge in [0.15, 0.2) is 0 Å². The van der Waals surface area contributed by atoms with Gasteiger partial charge < -0.3 is 15.3 Å². The maximum absolute atomic E-state index is 13.2. The number of rotatable bonds is 8. The van der Waals surface area contributed by atoms with Crippen molar-refractivity contribution in [3.8, 4) is 0 Å². The Labute approximate surface area is 209 Å². The summed E-state index contributed by atoms with van der Waals surface area (Å²) in [6.07, 6.45) is 0. The van der Waals surface area contributed by atoms with E-state index in [1.54, 1.807) is 12.1 Å². The summed E-state index contributed by atoms with van der Waals surface area (Å²) in [6.45, 7) is 2.52. The van der Waals surface area contributed by atoms with Crippen LogP contribution in [0.1, 0.15) is 35.3 Å². The lowest BCUT2D eigenvalue weighted by Gasteiger charge is -2.38. The molecule has 1 atom stereocenters. The Morgan fingerprint density at radius 3 is 2.14 bits per heavy atom. The van der Waals surface area contributed by atoms with Gasteiger partial charge in [-0.2, -0.15) is 0 Å². The molecule has 8 nitrogen and oxygen atoms in total. The summed E-state index contributed by atoms with van der Waals surface area (Å²) in [6, 6.07) is 23.1. The number of ketones is 1. The van der Waals surface area contributed by atoms with Crippen molar-refractivity contribution in [2.45, 2.75) is 32.5 Å². The van der Waals surface area contributed by atoms with Crippen LogP contribution in [0, 0.1) is 0 Å². The van der Waals surface area contributed by atoms with Crippen LogP contribution < -0.4 is 15.1 Å². The molecule has 1 aliphatic rings. The topological polar surface area (TPSA) is 107 Å². The van der Waals surface area contributed by atoms with Crippen LogP contribution >= 0.6 is 0 Å². The van der Waals surface area contributed by atoms with E-state index < -0.39 is 35.7 Å². The Hall–Kier alpha value is -4.30. The predicted octanol–water partition coefficient (Wildman–Crippen LogP) is 2.84. The molecule has 8 heteroatoms. The number of aliphatic hydroxyl groups excluding tert-OH is 1. The number of nitrogens with zero attached hydrogens (tertiary/aromatic N) is 2. The van der Waals surface area contributed by atoms with E-state index in [1.165, 1.54) is 24.8 Å². The molecule has 3 aromatic rings. The lowest BCUT2D eigenvalue weighted by molar-refractivity contribution is -0.131. The largest absolute Gasteiger partial charge is 0.393 e. The maximum atomic E-state index is 13.2. The first-order valence-electron chi connectivity index (χ1n) is 11.5. The van der Waals surface area contributed by atoms with Crippen molar-refractivity contribution >= 4 is 34.9 Å². The van der Waals surface area contributed by atoms with E-state index >= 15 is 0 Å². The van der Waals surface area contributed by atoms with Gasteiger partial charge in [-0.05, 0) is 36.2 Å². The van der Waals surface area contributed by atoms with Gasteiger partial charge in [-0.25, -0.2) is 0 Å². The number of amides is 3. The molecule has 1 aliphatic heterocycles. The molecule has 2 N–H and O–H groups in total. The maximum Gasteiger partial charge on any atom is 0.299 e. The Morgan fingerprint density at radius 2 is 1.56 bits per heavy atom. The third kappa shape index (κ3) is 4.63. The predicted molar refractivity (Wildman–Crippen MR) is 135 cm³/mol. The number of benzene rings is 3. The van der Waals surface area contributed by atoms with Crippen molar-refractivity contribution < 1.29 is 24.3 Å². The number of hydrogen-bond acceptors (Lipinski definition) is 5. The average molecular weight is 486 g/mol. The fourth-order valence-corrected chi connectivity index (χ4v) is 4.38. The normalized spacial score (nSPS) is 14.2. The van der Waals surface area contributed by atoms with Gasteiger partial charge in [0.2, 0.25) is 11.8 Å². The first-order chi connectivity index (χ1) is 17.3. The van der Waals surface area contributed by atoms with Gasteiger partial charge in [0.25, 0.3) is 11.7 Å². The van der Waals surface area contributed by atoms with E-state index in [1.807, 2.05) is 60.7 Å². The molecule has 0 spiro atoms. The van der Waals surface area contributed by atoms with E-state index in [0.29, 0.717) is 5.69 Å². The number of fused-ring (bicyclic) bond motifs is 1. The van der Waals surface area contributed by atoms with Gasteiger partial charge in [0.1, 0.15) is 5.54 Å². The van der Waals surface area contributed by atoms with Crippen LogP contribution in [0.15, 0.2) is 78.9 Å². The number of hydrogen-bond donors (Lipinski definition) is 2. The fourth-order valence-electron chi connectivity index (χ4n) is 4.38. The average Bonchev–Trinajstić information content (AvgIpc) is 3.12. The summed E-state index contributed by atoms with van der Waals surface area (Å²) in [5.41, 5.74) is 0.884. The summed E-state index contributed by atoms with van der Waals surface area (Å²) in [4.78, 5) is 54.1. The van der Waals surface area contributed by atoms with Crippen molar-refractivity contribution in [1.82, 2.24) is 5.32 Å². The van der Waals surface area contributed by atoms with Gasteiger partial charge in [-0.3, -0.25) is 24.1 Å². The van der Waals surface area contributed by atoms with E-state index in [-0.39, 0.29) is 24.3 Å². The number of nitrogens with one attached hydrogen (secondary N) is 1. The second-order valence-electron chi connectivity index (χ2n) is 8.86. The lowest BCUT2D eigenvalue weighted by Crippen LogP contribution is -2.61. The van der Waals surface area contributed by atoms with Crippen LogP contribution in [0.5, 0.6) is 0 Å². The van der Waals surface area contributed by atoms with Gasteiger partial charge in [0.05, 0.1) is 24.4 Å². The van der Waals surface area contributed by atoms with Crippen LogP contribution in [0.4, 0.5) is 11.4 Å². The molecular formula is C28H27N3O5. The van der Waals surface area contributed by atoms with Crippen molar-refractivity contribution in [1.29, 1.82) is 0 Å². The minimum absolute atomic E-state index is 0.143. The molecule has 0 bridgehead atoms. The van der Waals surface area contributed by atoms with Crippen LogP contribution in [0.3, 0.4) is 0 Å². The van der Waals surface area contributed by atoms with E-state index in [9.17, 15) is 24.3 Å². The monoisotopic (exact) mass is 485 g/mol. The fraction of sp³-hybridized carbons (Fsp3) is 0.214. The first kappa shape index (κ1) is 24.8. The third-order valence-corrected chi connectivity index (χ3v) is 6.30. The summed E-state index contributed by atoms with van der Waals surface area (Å²) in [5.74, 6) is -2.41. The molecule has 36 heavy (non-hydrogen) atoms. The van der Waals surface area contributed by atoms with Crippen LogP contribution in [-0.2, 0) is 27.5 Å². The van der Waals surface area contributed by atoms with Crippen molar-refractivity contribution in [2.75, 3.05) is 16.4 Å². The highest BCUT2D eigenvalue weighted by atomic mass is 16.3. The molecular weight excluding hydrogens is 458 g/mol. The molecule has 0 radical (unpaired) electrons. The quantitative estimate of drug-likeness (QED) is 0.477. The molecule has 3 aromatic carbocycles. The smallest absolute Gasteiger partial charge is 0.299 e. The van der Waals surface area contributed by atoms with Crippen molar-refractivity contribution in [2.24, 2.45) is 0 Å². The molecule has 0 aromatic heterocycles. The minimum atomic E-state index is -1.65. The number of Topliss-reactive ketones (excluding diaryl/α,β-unsaturated/α-hetero) is 1. The highest BCUT2D eigenvalue weighted by Gasteiger charge is 2.43. The zero-order valence-corrected chi connectivity index (χ0v) is 20.1. The van der Waals surface area contributed by atoms with E-state index in [4.69, 9.17) is 0 Å². The van der Waals surface area contributed by atoms with Crippen molar-refractivity contribution in [3.63, 3.8) is 0 Å². The Balaban J connectivity index is 1.64. The molecule has 0 saturated carbocycles. The molecule has 1 unspecified atom stereocenters. The molecule has 1 heterocycles. The zero-order chi connectivity index (χ0) is 25.9. The van der Waals surface area contributed by atoms with Gasteiger partial charge in [-0.15, -0.1) is 0 Å². The highest BCUT2D eigenvalue weighted by molar-refractivity contribution is 6.52. The van der Waals surface area contributed by atoms with Crippen LogP contribution in [0.2, 0.25) is 0 Å². The van der Waals surface area contributed by atoms with Crippen molar-refractivity contribution in [3.05, 3.63) is 95.6 Å². The summed E-state index contributed by atoms with van der Waals surface area (Å²) < 4.78 is 0. The number of carbonyl (C=O) groups is 4. The van der Waals surface area contributed by atoms with Gasteiger partial charge in [-0.1, -0.05) is 60.7 Å². The van der Waals surface area contributed by atoms with Crippen LogP contribution in [0.25, 0.3) is 0 Å². The highest BCUT2D eigenvalue weighted by Crippen LogP contribution is 2.35. The first-order valence-corrected chi connectivity index (χ1v) is 11.5. The van der Waals surface area contributed by atoms with E-state index in [2.05, 4.69) is 5.32 Å². The lowest BCUT2D eigenvalue weighted by atomic mass is 9.97. The van der Waals surface area contributed by atoms with Crippen LogP contribution in [-0.4, -0.2) is 40.8 Å². The second-order valence-corrected chi connectivity index (χ2v) is 8.86. The molecule has 4 rings (SSSR count). The molecule has 0 aliphatic carbocycles. The molecule has 0 fully saturated rings. The SMILES string of the molecule is CC(=O)N(c1ccc2c(c1)C(=O)C(=O)N2Cc1ccccc1)C(C)(CO)C(=O)NCc1ccccc1.